The lowest BCUT2D eigenvalue weighted by molar-refractivity contribution is -0.121. The van der Waals surface area contributed by atoms with Crippen LogP contribution in [0.25, 0.3) is 10.9 Å². The number of aryl methyl sites for hydroxylation is 1. The van der Waals surface area contributed by atoms with Crippen molar-refractivity contribution < 1.29 is 14.3 Å². The van der Waals surface area contributed by atoms with Crippen LogP contribution in [-0.2, 0) is 11.3 Å². The molecule has 3 aromatic carbocycles. The Kier molecular flexibility index (Phi) is 7.99. The maximum atomic E-state index is 13.1. The molecule has 4 rings (SSSR count). The van der Waals surface area contributed by atoms with E-state index in [4.69, 9.17) is 9.47 Å². The van der Waals surface area contributed by atoms with Gasteiger partial charge in [-0.05, 0) is 47.7 Å². The summed E-state index contributed by atoms with van der Waals surface area (Å²) in [5, 5.41) is 4.26. The molecule has 188 valence electrons. The molecule has 4 aromatic rings. The van der Waals surface area contributed by atoms with Gasteiger partial charge in [0, 0.05) is 42.5 Å². The van der Waals surface area contributed by atoms with Gasteiger partial charge < -0.3 is 19.4 Å². The van der Waals surface area contributed by atoms with Crippen LogP contribution >= 0.6 is 0 Å². The largest absolute Gasteiger partial charge is 0.493 e. The lowest BCUT2D eigenvalue weighted by atomic mass is 9.87. The van der Waals surface area contributed by atoms with Crippen LogP contribution in [0.2, 0.25) is 0 Å². The minimum atomic E-state index is -0.138. The lowest BCUT2D eigenvalue weighted by Gasteiger charge is -2.19. The van der Waals surface area contributed by atoms with Crippen LogP contribution in [0.4, 0.5) is 0 Å². The molecule has 1 aromatic heterocycles. The fourth-order valence-electron chi connectivity index (χ4n) is 4.63. The molecule has 0 aliphatic carbocycles. The van der Waals surface area contributed by atoms with Crippen LogP contribution in [0.5, 0.6) is 11.5 Å². The summed E-state index contributed by atoms with van der Waals surface area (Å²) in [4.78, 5) is 13.1. The van der Waals surface area contributed by atoms with Crippen molar-refractivity contribution in [2.24, 2.45) is 5.92 Å². The number of hydrogen-bond acceptors (Lipinski definition) is 3. The number of nitrogens with zero attached hydrogens (tertiary/aromatic N) is 1. The second-order valence-electron chi connectivity index (χ2n) is 9.78. The number of hydrogen-bond donors (Lipinski definition) is 1. The van der Waals surface area contributed by atoms with E-state index in [-0.39, 0.29) is 11.8 Å². The second-order valence-corrected chi connectivity index (χ2v) is 9.78. The van der Waals surface area contributed by atoms with Crippen LogP contribution in [0.1, 0.15) is 48.4 Å². The Labute approximate surface area is 214 Å². The van der Waals surface area contributed by atoms with Crippen molar-refractivity contribution in [2.45, 2.75) is 39.7 Å². The molecule has 1 amide bonds. The molecule has 0 bridgehead atoms. The highest BCUT2D eigenvalue weighted by Gasteiger charge is 2.24. The van der Waals surface area contributed by atoms with E-state index in [0.717, 1.165) is 28.6 Å². The molecule has 36 heavy (non-hydrogen) atoms. The van der Waals surface area contributed by atoms with Crippen molar-refractivity contribution in [3.05, 3.63) is 95.2 Å². The summed E-state index contributed by atoms with van der Waals surface area (Å²) in [6.07, 6.45) is 2.56. The minimum Gasteiger partial charge on any atom is -0.493 e. The number of nitrogens with one attached hydrogen (secondary N) is 1. The van der Waals surface area contributed by atoms with Gasteiger partial charge in [0.15, 0.2) is 11.5 Å². The fourth-order valence-corrected chi connectivity index (χ4v) is 4.63. The zero-order chi connectivity index (χ0) is 25.7. The van der Waals surface area contributed by atoms with E-state index in [0.29, 0.717) is 30.4 Å². The Bertz CT molecular complexity index is 1320. The molecule has 1 atom stereocenters. The standard InChI is InChI=1S/C31H36N2O3/c1-21(2)18-32-31(34)17-26(24-14-15-29(35-4)30(16-24)36-5)27-20-33(28-9-7-6-8-25(27)28)19-23-12-10-22(3)11-13-23/h6-16,20-21,26H,17-19H2,1-5H3,(H,32,34)/t26-/m1/s1. The average molecular weight is 485 g/mol. The van der Waals surface area contributed by atoms with Gasteiger partial charge in [-0.1, -0.05) is 67.9 Å². The highest BCUT2D eigenvalue weighted by atomic mass is 16.5. The summed E-state index contributed by atoms with van der Waals surface area (Å²) in [6.45, 7) is 7.73. The normalized spacial score (nSPS) is 12.1. The maximum Gasteiger partial charge on any atom is 0.220 e. The molecule has 5 heteroatoms. The van der Waals surface area contributed by atoms with Crippen LogP contribution < -0.4 is 14.8 Å². The van der Waals surface area contributed by atoms with Gasteiger partial charge in [-0.25, -0.2) is 0 Å². The van der Waals surface area contributed by atoms with E-state index >= 15 is 0 Å². The van der Waals surface area contributed by atoms with E-state index < -0.39 is 0 Å². The third-order valence-corrected chi connectivity index (χ3v) is 6.58. The van der Waals surface area contributed by atoms with Crippen LogP contribution in [-0.4, -0.2) is 31.2 Å². The van der Waals surface area contributed by atoms with E-state index in [1.807, 2.05) is 18.2 Å². The highest BCUT2D eigenvalue weighted by molar-refractivity contribution is 5.87. The Hall–Kier alpha value is -3.73. The van der Waals surface area contributed by atoms with Crippen molar-refractivity contribution in [1.82, 2.24) is 9.88 Å². The number of carbonyl (C=O) groups is 1. The van der Waals surface area contributed by atoms with Gasteiger partial charge >= 0.3 is 0 Å². The Morgan fingerprint density at radius 3 is 2.36 bits per heavy atom. The summed E-state index contributed by atoms with van der Waals surface area (Å²) in [5.41, 5.74) is 5.79. The number of carbonyl (C=O) groups excluding carboxylic acids is 1. The average Bonchev–Trinajstić information content (AvgIpc) is 3.25. The zero-order valence-electron chi connectivity index (χ0n) is 21.9. The Morgan fingerprint density at radius 1 is 0.944 bits per heavy atom. The van der Waals surface area contributed by atoms with Gasteiger partial charge in [-0.2, -0.15) is 0 Å². The molecule has 0 unspecified atom stereocenters. The van der Waals surface area contributed by atoms with E-state index in [1.165, 1.54) is 11.1 Å². The first-order chi connectivity index (χ1) is 17.4. The SMILES string of the molecule is COc1ccc([C@@H](CC(=O)NCC(C)C)c2cn(Cc3ccc(C)cc3)c3ccccc23)cc1OC. The van der Waals surface area contributed by atoms with E-state index in [2.05, 4.69) is 85.4 Å². The molecule has 0 fully saturated rings. The minimum absolute atomic E-state index is 0.0406. The monoisotopic (exact) mass is 484 g/mol. The lowest BCUT2D eigenvalue weighted by Crippen LogP contribution is -2.28. The summed E-state index contributed by atoms with van der Waals surface area (Å²) in [5.74, 6) is 1.63. The molecule has 0 aliphatic heterocycles. The summed E-state index contributed by atoms with van der Waals surface area (Å²) in [7, 11) is 3.27. The first-order valence-corrected chi connectivity index (χ1v) is 12.5. The van der Waals surface area contributed by atoms with Crippen LogP contribution in [0.3, 0.4) is 0 Å². The van der Waals surface area contributed by atoms with Crippen molar-refractivity contribution in [2.75, 3.05) is 20.8 Å². The van der Waals surface area contributed by atoms with Crippen molar-refractivity contribution in [3.8, 4) is 11.5 Å². The zero-order valence-corrected chi connectivity index (χ0v) is 21.9. The number of benzene rings is 3. The van der Waals surface area contributed by atoms with Crippen molar-refractivity contribution in [3.63, 3.8) is 0 Å². The topological polar surface area (TPSA) is 52.5 Å². The smallest absolute Gasteiger partial charge is 0.220 e. The summed E-state index contributed by atoms with van der Waals surface area (Å²) < 4.78 is 13.3. The first-order valence-electron chi connectivity index (χ1n) is 12.5. The molecule has 0 spiro atoms. The first kappa shape index (κ1) is 25.4. The molecular formula is C31H36N2O3. The quantitative estimate of drug-likeness (QED) is 0.287. The van der Waals surface area contributed by atoms with Crippen molar-refractivity contribution >= 4 is 16.8 Å². The Balaban J connectivity index is 1.79. The molecule has 0 radical (unpaired) electrons. The molecular weight excluding hydrogens is 448 g/mol. The summed E-state index contributed by atoms with van der Waals surface area (Å²) in [6, 6.07) is 23.0. The molecule has 0 saturated heterocycles. The number of fused-ring (bicyclic) bond motifs is 1. The number of aromatic nitrogens is 1. The second kappa shape index (κ2) is 11.3. The predicted molar refractivity (Wildman–Crippen MR) is 146 cm³/mol. The van der Waals surface area contributed by atoms with Gasteiger partial charge in [0.2, 0.25) is 5.91 Å². The van der Waals surface area contributed by atoms with Gasteiger partial charge in [-0.3, -0.25) is 4.79 Å². The van der Waals surface area contributed by atoms with E-state index in [9.17, 15) is 4.79 Å². The van der Waals surface area contributed by atoms with Crippen LogP contribution in [0.15, 0.2) is 72.9 Å². The number of rotatable bonds is 10. The fraction of sp³-hybridized carbons (Fsp3) is 0.323. The number of para-hydroxylation sites is 1. The highest BCUT2D eigenvalue weighted by Crippen LogP contribution is 2.38. The van der Waals surface area contributed by atoms with Crippen molar-refractivity contribution in [1.29, 1.82) is 0 Å². The number of methoxy groups -OCH3 is 2. The maximum absolute atomic E-state index is 13.1. The number of ether oxygens (including phenoxy) is 2. The Morgan fingerprint density at radius 2 is 1.67 bits per heavy atom. The molecule has 0 saturated carbocycles. The third kappa shape index (κ3) is 5.73. The molecule has 0 aliphatic rings. The van der Waals surface area contributed by atoms with Gasteiger partial charge in [0.05, 0.1) is 14.2 Å². The van der Waals surface area contributed by atoms with Gasteiger partial charge in [0.25, 0.3) is 0 Å². The predicted octanol–water partition coefficient (Wildman–Crippen LogP) is 6.31. The van der Waals surface area contributed by atoms with E-state index in [1.54, 1.807) is 14.2 Å². The molecule has 1 heterocycles. The number of amides is 1. The van der Waals surface area contributed by atoms with Gasteiger partial charge in [0.1, 0.15) is 0 Å². The van der Waals surface area contributed by atoms with Gasteiger partial charge in [-0.15, -0.1) is 0 Å². The molecule has 5 nitrogen and oxygen atoms in total. The summed E-state index contributed by atoms with van der Waals surface area (Å²) >= 11 is 0. The molecule has 1 N–H and O–H groups in total. The third-order valence-electron chi connectivity index (χ3n) is 6.58. The van der Waals surface area contributed by atoms with Crippen LogP contribution in [0, 0.1) is 12.8 Å².